The maximum absolute atomic E-state index is 13.3. The molecule has 0 aliphatic heterocycles. The Morgan fingerprint density at radius 2 is 1.88 bits per heavy atom. The van der Waals surface area contributed by atoms with E-state index < -0.39 is 17.1 Å². The third-order valence-electron chi connectivity index (χ3n) is 5.08. The lowest BCUT2D eigenvalue weighted by Gasteiger charge is -2.09. The summed E-state index contributed by atoms with van der Waals surface area (Å²) < 4.78 is 53.5. The van der Waals surface area contributed by atoms with E-state index in [9.17, 15) is 27.6 Å². The Morgan fingerprint density at radius 3 is 2.53 bits per heavy atom. The summed E-state index contributed by atoms with van der Waals surface area (Å²) in [5.41, 5.74) is 2.75. The van der Waals surface area contributed by atoms with Crippen LogP contribution in [-0.4, -0.2) is 20.7 Å². The van der Waals surface area contributed by atoms with E-state index in [4.69, 9.17) is 0 Å². The lowest BCUT2D eigenvalue weighted by Crippen LogP contribution is -2.13. The molecule has 0 fully saturated rings. The molecule has 0 radical (unpaired) electrons. The van der Waals surface area contributed by atoms with Crippen molar-refractivity contribution < 1.29 is 22.4 Å². The zero-order valence-corrected chi connectivity index (χ0v) is 18.3. The first kappa shape index (κ1) is 23.1. The molecule has 2 heterocycles. The van der Waals surface area contributed by atoms with E-state index in [1.807, 2.05) is 35.8 Å². The van der Waals surface area contributed by atoms with Gasteiger partial charge in [-0.25, -0.2) is 4.39 Å². The van der Waals surface area contributed by atoms with Gasteiger partial charge in [-0.05, 0) is 36.8 Å². The van der Waals surface area contributed by atoms with Gasteiger partial charge in [0.15, 0.2) is 0 Å². The highest BCUT2D eigenvalue weighted by atomic mass is 32.1. The molecule has 2 aromatic carbocycles. The molecule has 0 aliphatic rings. The number of carbonyl (C=O) groups excluding carboxylic acids is 1. The maximum Gasteiger partial charge on any atom is 0.445 e. The van der Waals surface area contributed by atoms with Crippen LogP contribution in [0.4, 0.5) is 22.7 Å². The van der Waals surface area contributed by atoms with E-state index in [1.165, 1.54) is 18.2 Å². The Balaban J connectivity index is 1.69. The summed E-state index contributed by atoms with van der Waals surface area (Å²) in [6, 6.07) is 15.3. The lowest BCUT2D eigenvalue weighted by atomic mass is 10.1. The molecule has 172 valence electrons. The molecule has 4 rings (SSSR count). The predicted octanol–water partition coefficient (Wildman–Crippen LogP) is 5.55. The number of halogens is 4. The molecular formula is C23H15F4N5OS. The van der Waals surface area contributed by atoms with Crippen molar-refractivity contribution in [2.45, 2.75) is 19.6 Å². The van der Waals surface area contributed by atoms with Crippen LogP contribution in [0.1, 0.15) is 21.8 Å². The van der Waals surface area contributed by atoms with Gasteiger partial charge in [-0.15, -0.1) is 10.2 Å². The molecule has 11 heteroatoms. The molecule has 6 nitrogen and oxygen atoms in total. The van der Waals surface area contributed by atoms with Crippen LogP contribution >= 0.6 is 11.3 Å². The van der Waals surface area contributed by atoms with Crippen molar-refractivity contribution in [1.82, 2.24) is 14.8 Å². The van der Waals surface area contributed by atoms with Crippen molar-refractivity contribution in [2.75, 3.05) is 5.32 Å². The summed E-state index contributed by atoms with van der Waals surface area (Å²) >= 11 is 0.168. The minimum atomic E-state index is -4.68. The number of carbonyl (C=O) groups is 1. The topological polar surface area (TPSA) is 83.6 Å². The highest BCUT2D eigenvalue weighted by Gasteiger charge is 2.36. The van der Waals surface area contributed by atoms with Crippen LogP contribution in [0, 0.1) is 24.1 Å². The van der Waals surface area contributed by atoms with Crippen LogP contribution in [0.2, 0.25) is 0 Å². The van der Waals surface area contributed by atoms with Crippen molar-refractivity contribution in [3.63, 3.8) is 0 Å². The molecule has 0 aliphatic carbocycles. The molecule has 0 atom stereocenters. The second-order valence-corrected chi connectivity index (χ2v) is 8.24. The second-order valence-electron chi connectivity index (χ2n) is 7.26. The largest absolute Gasteiger partial charge is 0.445 e. The number of amides is 1. The van der Waals surface area contributed by atoms with Crippen LogP contribution in [0.3, 0.4) is 0 Å². The number of rotatable bonds is 5. The van der Waals surface area contributed by atoms with E-state index in [0.29, 0.717) is 12.1 Å². The quantitative estimate of drug-likeness (QED) is 0.228. The van der Waals surface area contributed by atoms with Crippen molar-refractivity contribution in [2.24, 2.45) is 0 Å². The molecule has 4 aromatic rings. The Bertz CT molecular complexity index is 1450. The molecule has 0 spiro atoms. The van der Waals surface area contributed by atoms with E-state index in [2.05, 4.69) is 15.5 Å². The molecule has 2 aromatic heterocycles. The first-order valence-corrected chi connectivity index (χ1v) is 10.6. The number of benzene rings is 2. The van der Waals surface area contributed by atoms with E-state index in [-0.39, 0.29) is 27.9 Å². The van der Waals surface area contributed by atoms with Crippen LogP contribution in [0.15, 0.2) is 54.1 Å². The summed E-state index contributed by atoms with van der Waals surface area (Å²) in [5.74, 6) is -1.24. The Labute approximate surface area is 194 Å². The molecule has 0 saturated carbocycles. The SMILES string of the molecule is Cc1c(/C=C(/C#N)C(=O)Nc2nnc(C(F)(F)F)s2)c2ccccc2n1Cc1ccc(F)cc1. The number of aromatic nitrogens is 3. The van der Waals surface area contributed by atoms with E-state index >= 15 is 0 Å². The lowest BCUT2D eigenvalue weighted by molar-refractivity contribution is -0.138. The Kier molecular flexibility index (Phi) is 6.17. The van der Waals surface area contributed by atoms with Crippen molar-refractivity contribution in [1.29, 1.82) is 5.26 Å². The number of anilines is 1. The molecule has 34 heavy (non-hydrogen) atoms. The first-order valence-electron chi connectivity index (χ1n) is 9.83. The number of nitriles is 1. The predicted molar refractivity (Wildman–Crippen MR) is 119 cm³/mol. The molecule has 0 saturated heterocycles. The van der Waals surface area contributed by atoms with Crippen LogP contribution in [-0.2, 0) is 17.5 Å². The van der Waals surface area contributed by atoms with Gasteiger partial charge < -0.3 is 4.57 Å². The number of para-hydroxylation sites is 1. The number of alkyl halides is 3. The van der Waals surface area contributed by atoms with Gasteiger partial charge in [-0.3, -0.25) is 10.1 Å². The summed E-state index contributed by atoms with van der Waals surface area (Å²) in [5, 5.41) is 17.3. The highest BCUT2D eigenvalue weighted by Crippen LogP contribution is 2.33. The van der Waals surface area contributed by atoms with Gasteiger partial charge in [0.2, 0.25) is 10.1 Å². The van der Waals surface area contributed by atoms with Gasteiger partial charge in [0.05, 0.1) is 0 Å². The fourth-order valence-electron chi connectivity index (χ4n) is 3.46. The molecular weight excluding hydrogens is 470 g/mol. The van der Waals surface area contributed by atoms with Gasteiger partial charge in [0.25, 0.3) is 5.91 Å². The summed E-state index contributed by atoms with van der Waals surface area (Å²) in [7, 11) is 0. The average Bonchev–Trinajstić information content (AvgIpc) is 3.37. The van der Waals surface area contributed by atoms with E-state index in [1.54, 1.807) is 18.2 Å². The van der Waals surface area contributed by atoms with Crippen LogP contribution in [0.25, 0.3) is 17.0 Å². The van der Waals surface area contributed by atoms with Gasteiger partial charge in [-0.1, -0.05) is 41.7 Å². The van der Waals surface area contributed by atoms with Crippen molar-refractivity contribution >= 4 is 39.4 Å². The Hall–Kier alpha value is -4.04. The second kappa shape index (κ2) is 9.07. The number of hydrogen-bond acceptors (Lipinski definition) is 5. The van der Waals surface area contributed by atoms with E-state index in [0.717, 1.165) is 22.2 Å². The van der Waals surface area contributed by atoms with Gasteiger partial charge in [0, 0.05) is 28.7 Å². The fourth-order valence-corrected chi connectivity index (χ4v) is 4.07. The first-order chi connectivity index (χ1) is 16.2. The summed E-state index contributed by atoms with van der Waals surface area (Å²) in [4.78, 5) is 12.6. The summed E-state index contributed by atoms with van der Waals surface area (Å²) in [6.45, 7) is 2.25. The number of fused-ring (bicyclic) bond motifs is 1. The van der Waals surface area contributed by atoms with Crippen molar-refractivity contribution in [3.8, 4) is 6.07 Å². The number of nitrogens with one attached hydrogen (secondary N) is 1. The smallest absolute Gasteiger partial charge is 0.340 e. The fraction of sp³-hybridized carbons (Fsp3) is 0.130. The highest BCUT2D eigenvalue weighted by molar-refractivity contribution is 7.15. The zero-order chi connectivity index (χ0) is 24.5. The minimum absolute atomic E-state index is 0.168. The third kappa shape index (κ3) is 4.67. The summed E-state index contributed by atoms with van der Waals surface area (Å²) in [6.07, 6.45) is -3.29. The molecule has 0 bridgehead atoms. The molecule has 1 amide bonds. The number of hydrogen-bond donors (Lipinski definition) is 1. The average molecular weight is 485 g/mol. The molecule has 1 N–H and O–H groups in total. The van der Waals surface area contributed by atoms with Crippen LogP contribution < -0.4 is 5.32 Å². The number of nitrogens with zero attached hydrogens (tertiary/aromatic N) is 4. The third-order valence-corrected chi connectivity index (χ3v) is 5.96. The normalized spacial score (nSPS) is 12.1. The maximum atomic E-state index is 13.3. The standard InChI is InChI=1S/C23H15F4N5OS/c1-13-18(10-15(11-28)20(33)29-22-31-30-21(34-22)23(25,26)27)17-4-2-3-5-19(17)32(13)12-14-6-8-16(24)9-7-14/h2-10H,12H2,1H3,(H,29,31,33)/b15-10-. The monoisotopic (exact) mass is 485 g/mol. The van der Waals surface area contributed by atoms with Crippen molar-refractivity contribution in [3.05, 3.63) is 81.7 Å². The zero-order valence-electron chi connectivity index (χ0n) is 17.5. The minimum Gasteiger partial charge on any atom is -0.340 e. The Morgan fingerprint density at radius 1 is 1.18 bits per heavy atom. The van der Waals surface area contributed by atoms with Gasteiger partial charge >= 0.3 is 6.18 Å². The van der Waals surface area contributed by atoms with Gasteiger partial charge in [0.1, 0.15) is 17.5 Å². The molecule has 0 unspecified atom stereocenters. The van der Waals surface area contributed by atoms with Gasteiger partial charge in [-0.2, -0.15) is 18.4 Å². The van der Waals surface area contributed by atoms with Crippen LogP contribution in [0.5, 0.6) is 0 Å².